The quantitative estimate of drug-likeness (QED) is 0.109. The lowest BCUT2D eigenvalue weighted by Gasteiger charge is -2.10. The molecule has 20 heavy (non-hydrogen) atoms. The fourth-order valence-corrected chi connectivity index (χ4v) is 0.702. The summed E-state index contributed by atoms with van der Waals surface area (Å²) < 4.78 is 0. The first-order chi connectivity index (χ1) is 9.22. The van der Waals surface area contributed by atoms with Crippen molar-refractivity contribution in [2.24, 2.45) is 21.7 Å². The normalized spacial score (nSPS) is 13.7. The molecule has 0 atom stereocenters. The zero-order valence-corrected chi connectivity index (χ0v) is 10.7. The van der Waals surface area contributed by atoms with Crippen LogP contribution in [0.2, 0.25) is 0 Å². The number of hydrogen-bond acceptors (Lipinski definition) is 9. The topological polar surface area (TPSA) is 212 Å². The standard InChI is InChI=1S/C6H16N10O4/c1-3(9-11-5(7)13-15(17)18)4(2)10-12-6(8)14-16(19)20/h9-10,17-18H,1-2H3,(H3,7,11,13)(H3,8,12,14)/b4-3+. The van der Waals surface area contributed by atoms with E-state index < -0.39 is 11.0 Å². The van der Waals surface area contributed by atoms with E-state index >= 15 is 0 Å². The fraction of sp³-hybridized carbons (Fsp3) is 0.333. The Morgan fingerprint density at radius 2 is 1.60 bits per heavy atom. The largest absolute Gasteiger partial charge is 0.367 e. The van der Waals surface area contributed by atoms with Gasteiger partial charge in [-0.2, -0.15) is 0 Å². The first-order valence-electron chi connectivity index (χ1n) is 4.93. The predicted octanol–water partition coefficient (Wildman–Crippen LogP) is -2.76. The van der Waals surface area contributed by atoms with E-state index in [1.165, 1.54) is 0 Å². The van der Waals surface area contributed by atoms with Gasteiger partial charge in [0.2, 0.25) is 5.96 Å². The van der Waals surface area contributed by atoms with Crippen LogP contribution < -0.4 is 33.2 Å². The first kappa shape index (κ1) is 17.2. The maximum absolute atomic E-state index is 10.1. The van der Waals surface area contributed by atoms with Gasteiger partial charge in [0.25, 0.3) is 5.96 Å². The number of hydrogen-bond donors (Lipinski definition) is 8. The van der Waals surface area contributed by atoms with Gasteiger partial charge >= 0.3 is 0 Å². The molecule has 0 fully saturated rings. The SMILES string of the molecule is C/C(NN=C(N)NN(O)O)=C(/C)NN=C(N)N[N+](=O)[O-]. The molecule has 0 rings (SSSR count). The van der Waals surface area contributed by atoms with E-state index in [2.05, 4.69) is 21.1 Å². The average Bonchev–Trinajstić information content (AvgIpc) is 2.31. The Bertz CT molecular complexity index is 429. The van der Waals surface area contributed by atoms with Gasteiger partial charge in [-0.1, -0.05) is 5.43 Å². The smallest absolute Gasteiger partial charge is 0.273 e. The molecule has 14 nitrogen and oxygen atoms in total. The van der Waals surface area contributed by atoms with Crippen molar-refractivity contribution in [2.75, 3.05) is 0 Å². The summed E-state index contributed by atoms with van der Waals surface area (Å²) in [6.45, 7) is 3.16. The maximum atomic E-state index is 10.1. The predicted molar refractivity (Wildman–Crippen MR) is 66.6 cm³/mol. The second kappa shape index (κ2) is 8.29. The lowest BCUT2D eigenvalue weighted by molar-refractivity contribution is -0.525. The van der Waals surface area contributed by atoms with Crippen LogP contribution in [0.15, 0.2) is 21.6 Å². The van der Waals surface area contributed by atoms with Gasteiger partial charge in [0.1, 0.15) is 0 Å². The highest BCUT2D eigenvalue weighted by atomic mass is 16.8. The zero-order valence-electron chi connectivity index (χ0n) is 10.7. The van der Waals surface area contributed by atoms with Gasteiger partial charge in [-0.25, -0.2) is 15.5 Å². The van der Waals surface area contributed by atoms with E-state index in [1.54, 1.807) is 19.3 Å². The maximum Gasteiger partial charge on any atom is 0.273 e. The molecule has 0 aliphatic rings. The third kappa shape index (κ3) is 8.28. The van der Waals surface area contributed by atoms with E-state index in [0.717, 1.165) is 0 Å². The van der Waals surface area contributed by atoms with E-state index in [1.807, 2.05) is 5.43 Å². The Kier molecular flexibility index (Phi) is 7.12. The number of nitrogens with one attached hydrogen (secondary N) is 4. The van der Waals surface area contributed by atoms with Crippen molar-refractivity contribution in [1.29, 1.82) is 0 Å². The number of nitrogens with zero attached hydrogens (tertiary/aromatic N) is 4. The minimum Gasteiger partial charge on any atom is -0.367 e. The monoisotopic (exact) mass is 292 g/mol. The number of hydrazine groups is 2. The Balaban J connectivity index is 4.49. The number of nitro groups is 1. The lowest BCUT2D eigenvalue weighted by atomic mass is 10.4. The van der Waals surface area contributed by atoms with Gasteiger partial charge in [0, 0.05) is 5.34 Å². The van der Waals surface area contributed by atoms with Crippen molar-refractivity contribution in [3.05, 3.63) is 21.5 Å². The molecule has 0 heterocycles. The number of nitrogens with two attached hydrogens (primary N) is 2. The molecule has 0 bridgehead atoms. The molecule has 0 aromatic carbocycles. The molecule has 0 aliphatic carbocycles. The average molecular weight is 292 g/mol. The lowest BCUT2D eigenvalue weighted by Crippen LogP contribution is -2.43. The van der Waals surface area contributed by atoms with Crippen LogP contribution in [0.25, 0.3) is 0 Å². The van der Waals surface area contributed by atoms with E-state index in [0.29, 0.717) is 11.4 Å². The molecule has 14 heteroatoms. The van der Waals surface area contributed by atoms with Crippen LogP contribution in [0.4, 0.5) is 0 Å². The van der Waals surface area contributed by atoms with Gasteiger partial charge in [0.05, 0.1) is 11.4 Å². The minimum absolute atomic E-state index is 0.333. The Morgan fingerprint density at radius 1 is 1.15 bits per heavy atom. The second-order valence-electron chi connectivity index (χ2n) is 3.24. The van der Waals surface area contributed by atoms with Gasteiger partial charge in [-0.15, -0.1) is 10.2 Å². The first-order valence-corrected chi connectivity index (χ1v) is 4.93. The minimum atomic E-state index is -0.864. The Morgan fingerprint density at radius 3 is 2.00 bits per heavy atom. The molecule has 114 valence electrons. The summed E-state index contributed by atoms with van der Waals surface area (Å²) >= 11 is 0. The van der Waals surface area contributed by atoms with E-state index in [9.17, 15) is 10.1 Å². The van der Waals surface area contributed by atoms with Crippen LogP contribution in [0.3, 0.4) is 0 Å². The van der Waals surface area contributed by atoms with Gasteiger partial charge in [0.15, 0.2) is 5.03 Å². The van der Waals surface area contributed by atoms with Crippen LogP contribution in [0.1, 0.15) is 13.8 Å². The van der Waals surface area contributed by atoms with Gasteiger partial charge in [-0.05, 0) is 13.8 Å². The van der Waals surface area contributed by atoms with Gasteiger partial charge < -0.3 is 11.5 Å². The van der Waals surface area contributed by atoms with Gasteiger partial charge in [-0.3, -0.25) is 21.3 Å². The summed E-state index contributed by atoms with van der Waals surface area (Å²) in [6, 6.07) is 0. The third-order valence-electron chi connectivity index (χ3n) is 1.67. The summed E-state index contributed by atoms with van der Waals surface area (Å²) in [5, 5.41) is 32.6. The van der Waals surface area contributed by atoms with E-state index in [4.69, 9.17) is 21.9 Å². The molecule has 0 amide bonds. The molecule has 10 N–H and O–H groups in total. The fourth-order valence-electron chi connectivity index (χ4n) is 0.702. The zero-order chi connectivity index (χ0) is 15.7. The van der Waals surface area contributed by atoms with Crippen LogP contribution in [0, 0.1) is 10.1 Å². The van der Waals surface area contributed by atoms with Crippen molar-refractivity contribution in [3.8, 4) is 0 Å². The van der Waals surface area contributed by atoms with Crippen molar-refractivity contribution in [3.63, 3.8) is 0 Å². The summed E-state index contributed by atoms with van der Waals surface area (Å²) in [5.41, 5.74) is 19.6. The molecule has 0 spiro atoms. The summed E-state index contributed by atoms with van der Waals surface area (Å²) in [5.74, 6) is -0.775. The van der Waals surface area contributed by atoms with Crippen molar-refractivity contribution in [1.82, 2.24) is 27.0 Å². The molecule has 0 saturated heterocycles. The van der Waals surface area contributed by atoms with Crippen molar-refractivity contribution < 1.29 is 15.4 Å². The molecule has 0 aromatic rings. The van der Waals surface area contributed by atoms with Crippen molar-refractivity contribution in [2.45, 2.75) is 13.8 Å². The summed E-state index contributed by atoms with van der Waals surface area (Å²) in [6.07, 6.45) is 0. The van der Waals surface area contributed by atoms with E-state index in [-0.39, 0.29) is 11.3 Å². The van der Waals surface area contributed by atoms with Crippen LogP contribution in [-0.2, 0) is 0 Å². The molecule has 0 aromatic heterocycles. The molecule has 0 saturated carbocycles. The number of rotatable bonds is 6. The third-order valence-corrected chi connectivity index (χ3v) is 1.67. The highest BCUT2D eigenvalue weighted by Crippen LogP contribution is 1.95. The summed E-state index contributed by atoms with van der Waals surface area (Å²) in [7, 11) is 0. The van der Waals surface area contributed by atoms with Crippen LogP contribution in [0.5, 0.6) is 0 Å². The Hall–Kier alpha value is -2.84. The molecule has 0 radical (unpaired) electrons. The molecule has 0 aliphatic heterocycles. The highest BCUT2D eigenvalue weighted by Gasteiger charge is 2.00. The molecule has 0 unspecified atom stereocenters. The Labute approximate surface area is 112 Å². The number of allylic oxidation sites excluding steroid dienone is 2. The molecular weight excluding hydrogens is 276 g/mol. The number of hydrazone groups is 2. The molecular formula is C6H16N10O4. The van der Waals surface area contributed by atoms with Crippen LogP contribution in [-0.4, -0.2) is 32.7 Å². The number of guanidine groups is 2. The van der Waals surface area contributed by atoms with Crippen molar-refractivity contribution >= 4 is 11.9 Å². The summed E-state index contributed by atoms with van der Waals surface area (Å²) in [4.78, 5) is 10.1. The van der Waals surface area contributed by atoms with Crippen LogP contribution >= 0.6 is 0 Å². The second-order valence-corrected chi connectivity index (χ2v) is 3.24. The highest BCUT2D eigenvalue weighted by molar-refractivity contribution is 5.77.